The summed E-state index contributed by atoms with van der Waals surface area (Å²) >= 11 is 8.00. The minimum atomic E-state index is -0.00559. The van der Waals surface area contributed by atoms with Gasteiger partial charge in [0.2, 0.25) is 0 Å². The lowest BCUT2D eigenvalue weighted by molar-refractivity contribution is 0.237. The fraction of sp³-hybridized carbons (Fsp3) is 0.538. The summed E-state index contributed by atoms with van der Waals surface area (Å²) in [7, 11) is 3.76. The van der Waals surface area contributed by atoms with Gasteiger partial charge in [0.1, 0.15) is 5.75 Å². The quantitative estimate of drug-likeness (QED) is 0.926. The summed E-state index contributed by atoms with van der Waals surface area (Å²) in [6.07, 6.45) is 0. The second-order valence-electron chi connectivity index (χ2n) is 4.54. The summed E-state index contributed by atoms with van der Waals surface area (Å²) in [5, 5.41) is 0.625. The van der Waals surface area contributed by atoms with Gasteiger partial charge in [-0.3, -0.25) is 4.90 Å². The fourth-order valence-electron chi connectivity index (χ4n) is 2.19. The molecule has 1 aromatic carbocycles. The van der Waals surface area contributed by atoms with E-state index in [-0.39, 0.29) is 6.04 Å². The molecule has 2 unspecified atom stereocenters. The lowest BCUT2D eigenvalue weighted by atomic mass is 10.00. The van der Waals surface area contributed by atoms with Crippen molar-refractivity contribution in [3.05, 3.63) is 28.8 Å². The maximum absolute atomic E-state index is 6.38. The molecule has 2 N–H and O–H groups in total. The van der Waals surface area contributed by atoms with E-state index in [0.29, 0.717) is 16.8 Å². The fourth-order valence-corrected chi connectivity index (χ4v) is 3.67. The van der Waals surface area contributed by atoms with E-state index in [1.54, 1.807) is 7.11 Å². The lowest BCUT2D eigenvalue weighted by Crippen LogP contribution is -2.46. The number of nitrogens with zero attached hydrogens (tertiary/aromatic N) is 1. The van der Waals surface area contributed by atoms with Crippen LogP contribution in [0, 0.1) is 0 Å². The molecule has 0 amide bonds. The Morgan fingerprint density at radius 2 is 2.33 bits per heavy atom. The Balaban J connectivity index is 2.19. The van der Waals surface area contributed by atoms with E-state index in [1.165, 1.54) is 5.75 Å². The maximum atomic E-state index is 6.38. The molecule has 1 aliphatic rings. The summed E-state index contributed by atoms with van der Waals surface area (Å²) in [5.41, 5.74) is 7.46. The zero-order valence-corrected chi connectivity index (χ0v) is 12.3. The van der Waals surface area contributed by atoms with Crippen molar-refractivity contribution < 1.29 is 4.74 Å². The Morgan fingerprint density at radius 1 is 1.56 bits per heavy atom. The van der Waals surface area contributed by atoms with E-state index in [2.05, 4.69) is 11.9 Å². The van der Waals surface area contributed by atoms with E-state index >= 15 is 0 Å². The summed E-state index contributed by atoms with van der Waals surface area (Å²) in [5.74, 6) is 2.95. The van der Waals surface area contributed by atoms with Crippen molar-refractivity contribution in [1.82, 2.24) is 4.90 Å². The highest BCUT2D eigenvalue weighted by Crippen LogP contribution is 2.30. The Bertz CT molecular complexity index is 416. The number of hydrogen-bond donors (Lipinski definition) is 1. The van der Waals surface area contributed by atoms with Crippen LogP contribution in [-0.4, -0.2) is 43.1 Å². The minimum Gasteiger partial charge on any atom is -0.495 e. The summed E-state index contributed by atoms with van der Waals surface area (Å²) in [6.45, 7) is 1.09. The molecule has 1 saturated heterocycles. The third-order valence-electron chi connectivity index (χ3n) is 3.42. The van der Waals surface area contributed by atoms with Crippen molar-refractivity contribution in [3.8, 4) is 5.75 Å². The van der Waals surface area contributed by atoms with Crippen LogP contribution in [0.1, 0.15) is 11.6 Å². The van der Waals surface area contributed by atoms with Gasteiger partial charge in [0.05, 0.1) is 12.1 Å². The van der Waals surface area contributed by atoms with Gasteiger partial charge in [0, 0.05) is 30.1 Å². The number of halogens is 1. The summed E-state index contributed by atoms with van der Waals surface area (Å²) < 4.78 is 5.24. The smallest absolute Gasteiger partial charge is 0.137 e. The number of rotatable bonds is 3. The molecule has 100 valence electrons. The predicted octanol–water partition coefficient (Wildman–Crippen LogP) is 2.40. The van der Waals surface area contributed by atoms with Gasteiger partial charge in [0.25, 0.3) is 0 Å². The second kappa shape index (κ2) is 6.15. The van der Waals surface area contributed by atoms with Crippen LogP contribution in [0.15, 0.2) is 18.2 Å². The Morgan fingerprint density at radius 3 is 3.00 bits per heavy atom. The second-order valence-corrected chi connectivity index (χ2v) is 6.10. The van der Waals surface area contributed by atoms with E-state index in [1.807, 2.05) is 30.0 Å². The number of thioether (sulfide) groups is 1. The van der Waals surface area contributed by atoms with Gasteiger partial charge in [-0.15, -0.1) is 0 Å². The molecule has 1 heterocycles. The highest BCUT2D eigenvalue weighted by Gasteiger charge is 2.26. The molecule has 0 aromatic heterocycles. The van der Waals surface area contributed by atoms with E-state index < -0.39 is 0 Å². The predicted molar refractivity (Wildman–Crippen MR) is 78.7 cm³/mol. The highest BCUT2D eigenvalue weighted by atomic mass is 35.5. The lowest BCUT2D eigenvalue weighted by Gasteiger charge is -2.36. The normalized spacial score (nSPS) is 22.8. The zero-order valence-electron chi connectivity index (χ0n) is 10.7. The summed E-state index contributed by atoms with van der Waals surface area (Å²) in [4.78, 5) is 2.34. The van der Waals surface area contributed by atoms with Crippen LogP contribution < -0.4 is 10.5 Å². The van der Waals surface area contributed by atoms with Crippen LogP contribution in [0.5, 0.6) is 5.75 Å². The Hall–Kier alpha value is -0.420. The third-order valence-corrected chi connectivity index (χ3v) is 4.78. The van der Waals surface area contributed by atoms with Crippen LogP contribution in [0.25, 0.3) is 0 Å². The van der Waals surface area contributed by atoms with E-state index in [4.69, 9.17) is 22.1 Å². The van der Waals surface area contributed by atoms with Crippen molar-refractivity contribution in [2.45, 2.75) is 12.1 Å². The van der Waals surface area contributed by atoms with Crippen LogP contribution >= 0.6 is 23.4 Å². The molecule has 2 rings (SSSR count). The van der Waals surface area contributed by atoms with Crippen molar-refractivity contribution >= 4 is 23.4 Å². The topological polar surface area (TPSA) is 38.5 Å². The molecule has 2 atom stereocenters. The first kappa shape index (κ1) is 14.0. The van der Waals surface area contributed by atoms with Crippen molar-refractivity contribution in [1.29, 1.82) is 0 Å². The molecule has 1 aromatic rings. The van der Waals surface area contributed by atoms with Crippen molar-refractivity contribution in [2.75, 3.05) is 32.2 Å². The number of ether oxygens (including phenoxy) is 1. The first-order valence-electron chi connectivity index (χ1n) is 6.00. The van der Waals surface area contributed by atoms with Gasteiger partial charge in [-0.25, -0.2) is 0 Å². The monoisotopic (exact) mass is 286 g/mol. The molecular formula is C13H19ClN2OS. The van der Waals surface area contributed by atoms with Crippen LogP contribution in [-0.2, 0) is 0 Å². The number of likely N-dealkylation sites (N-methyl/N-ethyl adjacent to an activating group) is 1. The van der Waals surface area contributed by atoms with Gasteiger partial charge in [-0.1, -0.05) is 17.7 Å². The first-order chi connectivity index (χ1) is 8.63. The molecule has 1 fully saturated rings. The average molecular weight is 287 g/mol. The largest absolute Gasteiger partial charge is 0.495 e. The van der Waals surface area contributed by atoms with Gasteiger partial charge in [-0.2, -0.15) is 11.8 Å². The Kier molecular flexibility index (Phi) is 4.78. The maximum Gasteiger partial charge on any atom is 0.137 e. The molecule has 5 heteroatoms. The molecule has 1 aliphatic heterocycles. The van der Waals surface area contributed by atoms with Gasteiger partial charge in [0.15, 0.2) is 0 Å². The molecule has 0 bridgehead atoms. The SMILES string of the molecule is COc1cc(C(N)C2CSCCN2C)ccc1Cl. The van der Waals surface area contributed by atoms with E-state index in [9.17, 15) is 0 Å². The third kappa shape index (κ3) is 2.94. The van der Waals surface area contributed by atoms with Crippen molar-refractivity contribution in [3.63, 3.8) is 0 Å². The molecule has 3 nitrogen and oxygen atoms in total. The highest BCUT2D eigenvalue weighted by molar-refractivity contribution is 7.99. The number of benzene rings is 1. The van der Waals surface area contributed by atoms with Crippen LogP contribution in [0.2, 0.25) is 5.02 Å². The van der Waals surface area contributed by atoms with Crippen LogP contribution in [0.3, 0.4) is 0 Å². The molecular weight excluding hydrogens is 268 g/mol. The van der Waals surface area contributed by atoms with Crippen molar-refractivity contribution in [2.24, 2.45) is 5.73 Å². The molecule has 18 heavy (non-hydrogen) atoms. The first-order valence-corrected chi connectivity index (χ1v) is 7.53. The molecule has 0 spiro atoms. The minimum absolute atomic E-state index is 0.00559. The number of methoxy groups -OCH3 is 1. The average Bonchev–Trinajstić information content (AvgIpc) is 2.39. The number of nitrogens with two attached hydrogens (primary N) is 1. The number of hydrogen-bond acceptors (Lipinski definition) is 4. The standard InChI is InChI=1S/C13H19ClN2OS/c1-16-5-6-18-8-11(16)13(15)9-3-4-10(14)12(7-9)17-2/h3-4,7,11,13H,5-6,8,15H2,1-2H3. The summed E-state index contributed by atoms with van der Waals surface area (Å²) in [6, 6.07) is 6.15. The van der Waals surface area contributed by atoms with Gasteiger partial charge in [-0.05, 0) is 24.7 Å². The molecule has 0 radical (unpaired) electrons. The van der Waals surface area contributed by atoms with Crippen LogP contribution in [0.4, 0.5) is 0 Å². The molecule has 0 aliphatic carbocycles. The van der Waals surface area contributed by atoms with E-state index in [0.717, 1.165) is 17.9 Å². The molecule has 0 saturated carbocycles. The zero-order chi connectivity index (χ0) is 13.1. The Labute approximate surface area is 118 Å². The van der Waals surface area contributed by atoms with Gasteiger partial charge >= 0.3 is 0 Å². The van der Waals surface area contributed by atoms with Gasteiger partial charge < -0.3 is 10.5 Å².